The van der Waals surface area contributed by atoms with Crippen molar-refractivity contribution < 1.29 is 14.7 Å². The van der Waals surface area contributed by atoms with Crippen LogP contribution in [0.15, 0.2) is 35.7 Å². The zero-order chi connectivity index (χ0) is 19.0. The molecular weight excluding hydrogens is 406 g/mol. The molecule has 8 nitrogen and oxygen atoms in total. The van der Waals surface area contributed by atoms with Crippen molar-refractivity contribution in [3.8, 4) is 0 Å². The van der Waals surface area contributed by atoms with Gasteiger partial charge in [-0.25, -0.2) is 4.79 Å². The minimum atomic E-state index is -1.14. The predicted octanol–water partition coefficient (Wildman–Crippen LogP) is 1.17. The molecule has 1 amide bonds. The van der Waals surface area contributed by atoms with Crippen molar-refractivity contribution in [2.45, 2.75) is 17.8 Å². The summed E-state index contributed by atoms with van der Waals surface area (Å²) in [4.78, 5) is 30.3. The topological polar surface area (TPSA) is 108 Å². The number of β-lactam (4-membered cyclic amide) rings is 1. The standard InChI is InChI=1S/C16H13N5O3S3/c22-14-11(19-10(25)5-8-1-3-17-4-2-8)15-21(14)12(16(23)24)9(6-26-15)13-20-18-7-27-13/h1-4,7,11,15H,5-6H2,(H,19,25)(H,23,24)/t11?,15-/m1/s1. The minimum Gasteiger partial charge on any atom is -0.477 e. The van der Waals surface area contributed by atoms with Crippen LogP contribution in [0, 0.1) is 0 Å². The maximum atomic E-state index is 12.7. The van der Waals surface area contributed by atoms with Gasteiger partial charge in [-0.1, -0.05) is 12.2 Å². The summed E-state index contributed by atoms with van der Waals surface area (Å²) in [5.74, 6) is -0.999. The SMILES string of the molecule is O=C(O)C1=C(c2nncs2)CS[C@@H]2C(NC(=S)Cc3ccncc3)C(=O)N12. The second-order valence-electron chi connectivity index (χ2n) is 5.86. The van der Waals surface area contributed by atoms with Crippen molar-refractivity contribution in [2.75, 3.05) is 5.75 Å². The summed E-state index contributed by atoms with van der Waals surface area (Å²) in [5, 5.41) is 20.7. The molecule has 2 aromatic rings. The van der Waals surface area contributed by atoms with Gasteiger partial charge in [0.15, 0.2) is 0 Å². The van der Waals surface area contributed by atoms with Crippen LogP contribution < -0.4 is 5.32 Å². The third-order valence-electron chi connectivity index (χ3n) is 4.22. The Morgan fingerprint density at radius 2 is 2.19 bits per heavy atom. The van der Waals surface area contributed by atoms with E-state index in [1.54, 1.807) is 17.9 Å². The van der Waals surface area contributed by atoms with Gasteiger partial charge in [0.2, 0.25) is 0 Å². The number of carboxylic acid groups (broad SMARTS) is 1. The number of rotatable bonds is 5. The fourth-order valence-corrected chi connectivity index (χ4v) is 5.33. The number of nitrogens with zero attached hydrogens (tertiary/aromatic N) is 4. The Morgan fingerprint density at radius 1 is 1.41 bits per heavy atom. The maximum absolute atomic E-state index is 12.7. The van der Waals surface area contributed by atoms with E-state index in [1.165, 1.54) is 28.0 Å². The van der Waals surface area contributed by atoms with Gasteiger partial charge in [0, 0.05) is 30.1 Å². The molecular formula is C16H13N5O3S3. The largest absolute Gasteiger partial charge is 0.477 e. The van der Waals surface area contributed by atoms with E-state index < -0.39 is 12.0 Å². The van der Waals surface area contributed by atoms with E-state index in [1.807, 2.05) is 12.1 Å². The summed E-state index contributed by atoms with van der Waals surface area (Å²) in [5.41, 5.74) is 3.04. The van der Waals surface area contributed by atoms with Crippen LogP contribution in [0.5, 0.6) is 0 Å². The predicted molar refractivity (Wildman–Crippen MR) is 105 cm³/mol. The smallest absolute Gasteiger partial charge is 0.353 e. The lowest BCUT2D eigenvalue weighted by atomic mass is 10.0. The number of carbonyl (C=O) groups is 2. The van der Waals surface area contributed by atoms with Crippen LogP contribution in [0.3, 0.4) is 0 Å². The lowest BCUT2D eigenvalue weighted by Crippen LogP contribution is -2.70. The highest BCUT2D eigenvalue weighted by molar-refractivity contribution is 8.00. The van der Waals surface area contributed by atoms with Gasteiger partial charge >= 0.3 is 5.97 Å². The highest BCUT2D eigenvalue weighted by Gasteiger charge is 2.54. The third kappa shape index (κ3) is 3.33. The molecule has 0 aliphatic carbocycles. The van der Waals surface area contributed by atoms with Crippen molar-refractivity contribution in [2.24, 2.45) is 0 Å². The van der Waals surface area contributed by atoms with Crippen LogP contribution in [-0.4, -0.2) is 59.2 Å². The van der Waals surface area contributed by atoms with E-state index in [9.17, 15) is 14.7 Å². The number of thiocarbonyl (C=S) groups is 1. The summed E-state index contributed by atoms with van der Waals surface area (Å²) in [6.45, 7) is 0. The van der Waals surface area contributed by atoms with Gasteiger partial charge in [0.05, 0.1) is 4.99 Å². The molecule has 4 heterocycles. The average molecular weight is 420 g/mol. The van der Waals surface area contributed by atoms with Crippen LogP contribution in [0.1, 0.15) is 10.6 Å². The van der Waals surface area contributed by atoms with Crippen molar-refractivity contribution in [3.05, 3.63) is 46.3 Å². The van der Waals surface area contributed by atoms with Crippen molar-refractivity contribution in [1.82, 2.24) is 25.4 Å². The fraction of sp³-hybridized carbons (Fsp3) is 0.250. The monoisotopic (exact) mass is 419 g/mol. The van der Waals surface area contributed by atoms with E-state index >= 15 is 0 Å². The van der Waals surface area contributed by atoms with Crippen LogP contribution in [0.4, 0.5) is 0 Å². The van der Waals surface area contributed by atoms with Crippen LogP contribution in [0.25, 0.3) is 5.57 Å². The quantitative estimate of drug-likeness (QED) is 0.545. The molecule has 4 rings (SSSR count). The molecule has 2 aliphatic rings. The van der Waals surface area contributed by atoms with E-state index in [-0.39, 0.29) is 17.0 Å². The molecule has 0 aromatic carbocycles. The summed E-state index contributed by atoms with van der Waals surface area (Å²) in [6.07, 6.45) is 3.87. The zero-order valence-electron chi connectivity index (χ0n) is 13.7. The summed E-state index contributed by atoms with van der Waals surface area (Å²) >= 11 is 8.12. The number of hydrogen-bond donors (Lipinski definition) is 2. The molecule has 1 fully saturated rings. The lowest BCUT2D eigenvalue weighted by Gasteiger charge is -2.49. The van der Waals surface area contributed by atoms with Crippen LogP contribution in [-0.2, 0) is 16.0 Å². The van der Waals surface area contributed by atoms with Gasteiger partial charge in [0.25, 0.3) is 5.91 Å². The number of aromatic nitrogens is 3. The molecule has 2 atom stereocenters. The van der Waals surface area contributed by atoms with Crippen molar-refractivity contribution in [1.29, 1.82) is 0 Å². The number of fused-ring (bicyclic) bond motifs is 1. The van der Waals surface area contributed by atoms with Gasteiger partial charge in [-0.2, -0.15) is 0 Å². The molecule has 138 valence electrons. The van der Waals surface area contributed by atoms with Crippen LogP contribution in [0.2, 0.25) is 0 Å². The number of carbonyl (C=O) groups excluding carboxylic acids is 1. The maximum Gasteiger partial charge on any atom is 0.353 e. The molecule has 0 radical (unpaired) electrons. The third-order valence-corrected chi connectivity index (χ3v) is 6.51. The second-order valence-corrected chi connectivity index (χ2v) is 8.29. The fourth-order valence-electron chi connectivity index (χ4n) is 3.00. The Bertz CT molecular complexity index is 932. The highest BCUT2D eigenvalue weighted by Crippen LogP contribution is 2.43. The minimum absolute atomic E-state index is 0.0152. The first kappa shape index (κ1) is 18.0. The number of nitrogens with one attached hydrogen (secondary N) is 1. The van der Waals surface area contributed by atoms with Crippen LogP contribution >= 0.6 is 35.3 Å². The molecule has 2 aromatic heterocycles. The van der Waals surface area contributed by atoms with Gasteiger partial charge in [-0.05, 0) is 17.7 Å². The first-order valence-electron chi connectivity index (χ1n) is 7.92. The first-order valence-corrected chi connectivity index (χ1v) is 10.3. The van der Waals surface area contributed by atoms with E-state index in [0.29, 0.717) is 27.7 Å². The number of amides is 1. The number of hydrogen-bond acceptors (Lipinski definition) is 8. The Labute approximate surface area is 167 Å². The van der Waals surface area contributed by atoms with Gasteiger partial charge in [-0.15, -0.1) is 33.3 Å². The van der Waals surface area contributed by atoms with Crippen molar-refractivity contribution >= 4 is 57.8 Å². The Hall–Kier alpha value is -2.37. The molecule has 2 N–H and O–H groups in total. The molecule has 0 bridgehead atoms. The second kappa shape index (κ2) is 7.33. The Kier molecular flexibility index (Phi) is 4.89. The van der Waals surface area contributed by atoms with Gasteiger partial charge < -0.3 is 10.4 Å². The van der Waals surface area contributed by atoms with E-state index in [2.05, 4.69) is 20.5 Å². The van der Waals surface area contributed by atoms with Gasteiger partial charge in [0.1, 0.15) is 27.6 Å². The first-order chi connectivity index (χ1) is 13.1. The summed E-state index contributed by atoms with van der Waals surface area (Å²) < 4.78 is 0. The number of pyridine rings is 1. The zero-order valence-corrected chi connectivity index (χ0v) is 16.2. The molecule has 27 heavy (non-hydrogen) atoms. The molecule has 0 spiro atoms. The molecule has 0 saturated carbocycles. The summed E-state index contributed by atoms with van der Waals surface area (Å²) in [7, 11) is 0. The summed E-state index contributed by atoms with van der Waals surface area (Å²) in [6, 6.07) is 3.19. The van der Waals surface area contributed by atoms with Gasteiger partial charge in [-0.3, -0.25) is 14.7 Å². The number of thioether (sulfide) groups is 1. The molecule has 1 saturated heterocycles. The van der Waals surface area contributed by atoms with E-state index in [4.69, 9.17) is 12.2 Å². The Balaban J connectivity index is 1.51. The molecule has 2 aliphatic heterocycles. The van der Waals surface area contributed by atoms with Crippen molar-refractivity contribution in [3.63, 3.8) is 0 Å². The highest BCUT2D eigenvalue weighted by atomic mass is 32.2. The van der Waals surface area contributed by atoms with E-state index in [0.717, 1.165) is 5.56 Å². The lowest BCUT2D eigenvalue weighted by molar-refractivity contribution is -0.148. The average Bonchev–Trinajstić information content (AvgIpc) is 3.20. The number of carboxylic acids is 1. The number of aliphatic carboxylic acids is 1. The molecule has 1 unspecified atom stereocenters. The molecule has 11 heteroatoms. The Morgan fingerprint density at radius 3 is 2.85 bits per heavy atom. The normalized spacial score (nSPS) is 21.5.